The summed E-state index contributed by atoms with van der Waals surface area (Å²) in [5.41, 5.74) is 7.11. The van der Waals surface area contributed by atoms with Crippen molar-refractivity contribution in [2.45, 2.75) is 26.9 Å². The van der Waals surface area contributed by atoms with Gasteiger partial charge in [-0.05, 0) is 45.0 Å². The van der Waals surface area contributed by atoms with Gasteiger partial charge in [0.05, 0.1) is 16.8 Å². The number of furan rings is 1. The third kappa shape index (κ3) is 2.80. The predicted molar refractivity (Wildman–Crippen MR) is 78.9 cm³/mol. The molecule has 0 aliphatic rings. The number of ether oxygens (including phenoxy) is 1. The molecular weight excluding hydrogens is 278 g/mol. The van der Waals surface area contributed by atoms with Crippen molar-refractivity contribution in [1.29, 1.82) is 0 Å². The average molecular weight is 294 g/mol. The Labute approximate surface area is 122 Å². The van der Waals surface area contributed by atoms with Crippen LogP contribution in [0.15, 0.2) is 28.7 Å². The lowest BCUT2D eigenvalue weighted by atomic mass is 10.1. The fourth-order valence-electron chi connectivity index (χ4n) is 1.87. The van der Waals surface area contributed by atoms with Crippen LogP contribution in [0.3, 0.4) is 0 Å². The summed E-state index contributed by atoms with van der Waals surface area (Å²) < 4.78 is 10.7. The van der Waals surface area contributed by atoms with Crippen molar-refractivity contribution in [1.82, 2.24) is 0 Å². The number of nitrogen functional groups attached to an aromatic ring is 1. The molecule has 0 spiro atoms. The number of halogens is 1. The van der Waals surface area contributed by atoms with Crippen molar-refractivity contribution in [2.24, 2.45) is 0 Å². The van der Waals surface area contributed by atoms with E-state index in [1.807, 2.05) is 13.0 Å². The third-order valence-corrected chi connectivity index (χ3v) is 3.06. The Morgan fingerprint density at radius 3 is 2.55 bits per heavy atom. The number of benzene rings is 1. The van der Waals surface area contributed by atoms with Crippen LogP contribution < -0.4 is 5.73 Å². The molecule has 0 unspecified atom stereocenters. The molecule has 0 saturated carbocycles. The molecule has 0 aliphatic heterocycles. The fourth-order valence-corrected chi connectivity index (χ4v) is 2.11. The zero-order valence-electron chi connectivity index (χ0n) is 11.6. The van der Waals surface area contributed by atoms with Crippen molar-refractivity contribution < 1.29 is 13.9 Å². The smallest absolute Gasteiger partial charge is 0.342 e. The van der Waals surface area contributed by atoms with Crippen LogP contribution >= 0.6 is 11.6 Å². The van der Waals surface area contributed by atoms with E-state index in [4.69, 9.17) is 26.5 Å². The van der Waals surface area contributed by atoms with Crippen LogP contribution in [0.2, 0.25) is 5.02 Å². The van der Waals surface area contributed by atoms with Crippen molar-refractivity contribution in [2.75, 3.05) is 5.73 Å². The second kappa shape index (κ2) is 5.59. The highest BCUT2D eigenvalue weighted by Gasteiger charge is 2.21. The van der Waals surface area contributed by atoms with E-state index in [0.717, 1.165) is 5.76 Å². The number of hydrogen-bond donors (Lipinski definition) is 1. The highest BCUT2D eigenvalue weighted by molar-refractivity contribution is 6.34. The summed E-state index contributed by atoms with van der Waals surface area (Å²) in [6.45, 7) is 5.37. The summed E-state index contributed by atoms with van der Waals surface area (Å²) in [4.78, 5) is 12.1. The summed E-state index contributed by atoms with van der Waals surface area (Å²) >= 11 is 6.06. The van der Waals surface area contributed by atoms with E-state index in [1.165, 1.54) is 0 Å². The van der Waals surface area contributed by atoms with Gasteiger partial charge in [-0.25, -0.2) is 4.79 Å². The Balaban J connectivity index is 2.50. The quantitative estimate of drug-likeness (QED) is 0.684. The van der Waals surface area contributed by atoms with Gasteiger partial charge in [-0.2, -0.15) is 0 Å². The van der Waals surface area contributed by atoms with Gasteiger partial charge in [0.1, 0.15) is 17.1 Å². The molecule has 0 bridgehead atoms. The van der Waals surface area contributed by atoms with Gasteiger partial charge < -0.3 is 14.9 Å². The predicted octanol–water partition coefficient (Wildman–Crippen LogP) is 4.06. The molecule has 106 valence electrons. The first kappa shape index (κ1) is 14.5. The molecule has 0 aliphatic carbocycles. The van der Waals surface area contributed by atoms with E-state index in [-0.39, 0.29) is 22.4 Å². The standard InChI is InChI=1S/C15H16ClNO3/c1-8(2)19-15(18)13-11(16)6-5-10(14(13)17)12-7-4-9(3)20-12/h4-8H,17H2,1-3H3. The maximum atomic E-state index is 12.1. The molecule has 1 aromatic heterocycles. The summed E-state index contributed by atoms with van der Waals surface area (Å²) in [7, 11) is 0. The van der Waals surface area contributed by atoms with Crippen LogP contribution in [0, 0.1) is 6.92 Å². The lowest BCUT2D eigenvalue weighted by Gasteiger charge is -2.13. The zero-order chi connectivity index (χ0) is 14.9. The van der Waals surface area contributed by atoms with Gasteiger partial charge in [0.25, 0.3) is 0 Å². The molecule has 2 N–H and O–H groups in total. The van der Waals surface area contributed by atoms with Gasteiger partial charge in [-0.15, -0.1) is 0 Å². The van der Waals surface area contributed by atoms with Gasteiger partial charge in [-0.1, -0.05) is 11.6 Å². The van der Waals surface area contributed by atoms with Crippen molar-refractivity contribution in [3.8, 4) is 11.3 Å². The van der Waals surface area contributed by atoms with Gasteiger partial charge in [0.15, 0.2) is 0 Å². The maximum absolute atomic E-state index is 12.1. The average Bonchev–Trinajstić information content (AvgIpc) is 2.74. The molecule has 20 heavy (non-hydrogen) atoms. The molecule has 2 aromatic rings. The SMILES string of the molecule is Cc1ccc(-c2ccc(Cl)c(C(=O)OC(C)C)c2N)o1. The number of anilines is 1. The first-order valence-electron chi connectivity index (χ1n) is 6.26. The lowest BCUT2D eigenvalue weighted by molar-refractivity contribution is 0.0379. The topological polar surface area (TPSA) is 65.5 Å². The maximum Gasteiger partial charge on any atom is 0.342 e. The minimum Gasteiger partial charge on any atom is -0.461 e. The summed E-state index contributed by atoms with van der Waals surface area (Å²) in [6, 6.07) is 6.96. The molecule has 0 atom stereocenters. The van der Waals surface area contributed by atoms with Gasteiger partial charge in [0.2, 0.25) is 0 Å². The number of nitrogens with two attached hydrogens (primary N) is 1. The molecule has 0 amide bonds. The van der Waals surface area contributed by atoms with Gasteiger partial charge in [0, 0.05) is 5.56 Å². The lowest BCUT2D eigenvalue weighted by Crippen LogP contribution is -2.14. The van der Waals surface area contributed by atoms with E-state index in [1.54, 1.807) is 32.0 Å². The van der Waals surface area contributed by atoms with Crippen molar-refractivity contribution >= 4 is 23.3 Å². The second-order valence-corrected chi connectivity index (χ2v) is 5.16. The number of aryl methyl sites for hydroxylation is 1. The Bertz CT molecular complexity index is 647. The molecule has 5 heteroatoms. The highest BCUT2D eigenvalue weighted by Crippen LogP contribution is 2.34. The van der Waals surface area contributed by atoms with Crippen LogP contribution in [0.4, 0.5) is 5.69 Å². The number of carbonyl (C=O) groups is 1. The Morgan fingerprint density at radius 1 is 1.30 bits per heavy atom. The molecule has 0 radical (unpaired) electrons. The fraction of sp³-hybridized carbons (Fsp3) is 0.267. The van der Waals surface area contributed by atoms with Crippen LogP contribution in [0.5, 0.6) is 0 Å². The molecule has 0 fully saturated rings. The van der Waals surface area contributed by atoms with E-state index in [0.29, 0.717) is 11.3 Å². The van der Waals surface area contributed by atoms with E-state index >= 15 is 0 Å². The van der Waals surface area contributed by atoms with E-state index in [9.17, 15) is 4.79 Å². The number of rotatable bonds is 3. The van der Waals surface area contributed by atoms with Crippen LogP contribution in [-0.2, 0) is 4.74 Å². The van der Waals surface area contributed by atoms with Crippen LogP contribution in [0.1, 0.15) is 30.0 Å². The normalized spacial score (nSPS) is 10.8. The Kier molecular flexibility index (Phi) is 4.04. The number of carbonyl (C=O) groups excluding carboxylic acids is 1. The van der Waals surface area contributed by atoms with Crippen LogP contribution in [-0.4, -0.2) is 12.1 Å². The number of hydrogen-bond acceptors (Lipinski definition) is 4. The molecule has 0 saturated heterocycles. The third-order valence-electron chi connectivity index (χ3n) is 2.75. The molecular formula is C15H16ClNO3. The minimum absolute atomic E-state index is 0.173. The second-order valence-electron chi connectivity index (χ2n) is 4.75. The van der Waals surface area contributed by atoms with Gasteiger partial charge in [-0.3, -0.25) is 0 Å². The first-order valence-corrected chi connectivity index (χ1v) is 6.63. The molecule has 4 nitrogen and oxygen atoms in total. The molecule has 1 heterocycles. The van der Waals surface area contributed by atoms with Gasteiger partial charge >= 0.3 is 5.97 Å². The Morgan fingerprint density at radius 2 is 2.00 bits per heavy atom. The largest absolute Gasteiger partial charge is 0.461 e. The van der Waals surface area contributed by atoms with Crippen molar-refractivity contribution in [3.63, 3.8) is 0 Å². The number of esters is 1. The van der Waals surface area contributed by atoms with E-state index < -0.39 is 5.97 Å². The summed E-state index contributed by atoms with van der Waals surface area (Å²) in [5, 5.41) is 0.264. The Hall–Kier alpha value is -1.94. The molecule has 1 aromatic carbocycles. The first-order chi connectivity index (χ1) is 9.40. The summed E-state index contributed by atoms with van der Waals surface area (Å²) in [5.74, 6) is 0.823. The highest BCUT2D eigenvalue weighted by atomic mass is 35.5. The zero-order valence-corrected chi connectivity index (χ0v) is 12.3. The molecule has 2 rings (SSSR count). The monoisotopic (exact) mass is 293 g/mol. The van der Waals surface area contributed by atoms with Crippen LogP contribution in [0.25, 0.3) is 11.3 Å². The van der Waals surface area contributed by atoms with Crippen molar-refractivity contribution in [3.05, 3.63) is 40.6 Å². The summed E-state index contributed by atoms with van der Waals surface area (Å²) in [6.07, 6.45) is -0.243. The van der Waals surface area contributed by atoms with E-state index in [2.05, 4.69) is 0 Å². The minimum atomic E-state index is -0.535.